The molecule has 0 unspecified atom stereocenters. The van der Waals surface area contributed by atoms with Crippen molar-refractivity contribution >= 4 is 37.3 Å². The van der Waals surface area contributed by atoms with E-state index in [1.54, 1.807) is 12.1 Å². The summed E-state index contributed by atoms with van der Waals surface area (Å²) in [6, 6.07) is 9.24. The first-order valence-corrected chi connectivity index (χ1v) is 10.1. The SMILES string of the molecule is C[C@@H](Cc1ccc2c(c1)CCO2)NS(=O)(=O)c1ccc(Br)s1. The molecule has 3 rings (SSSR count). The predicted molar refractivity (Wildman–Crippen MR) is 91.1 cm³/mol. The lowest BCUT2D eigenvalue weighted by molar-refractivity contribution is 0.357. The zero-order valence-electron chi connectivity index (χ0n) is 12.0. The molecule has 0 amide bonds. The second kappa shape index (κ2) is 6.31. The molecule has 1 aliphatic heterocycles. The van der Waals surface area contributed by atoms with E-state index in [2.05, 4.69) is 26.7 Å². The Hall–Kier alpha value is -0.890. The third-order valence-electron chi connectivity index (χ3n) is 3.47. The molecule has 2 aromatic rings. The molecule has 1 aromatic heterocycles. The molecule has 2 heterocycles. The van der Waals surface area contributed by atoms with Gasteiger partial charge in [0.15, 0.2) is 0 Å². The van der Waals surface area contributed by atoms with Gasteiger partial charge in [0, 0.05) is 12.5 Å². The van der Waals surface area contributed by atoms with Crippen molar-refractivity contribution in [3.63, 3.8) is 0 Å². The largest absolute Gasteiger partial charge is 0.493 e. The van der Waals surface area contributed by atoms with Crippen LogP contribution < -0.4 is 9.46 Å². The maximum atomic E-state index is 12.3. The van der Waals surface area contributed by atoms with Crippen molar-refractivity contribution < 1.29 is 13.2 Å². The second-order valence-corrected chi connectivity index (χ2v) is 9.73. The minimum Gasteiger partial charge on any atom is -0.493 e. The lowest BCUT2D eigenvalue weighted by atomic mass is 10.0. The van der Waals surface area contributed by atoms with E-state index < -0.39 is 10.0 Å². The van der Waals surface area contributed by atoms with Crippen molar-refractivity contribution in [1.29, 1.82) is 0 Å². The lowest BCUT2D eigenvalue weighted by Crippen LogP contribution is -2.33. The van der Waals surface area contributed by atoms with Crippen LogP contribution in [0.25, 0.3) is 0 Å². The highest BCUT2D eigenvalue weighted by Gasteiger charge is 2.20. The quantitative estimate of drug-likeness (QED) is 0.835. The molecule has 0 spiro atoms. The summed E-state index contributed by atoms with van der Waals surface area (Å²) < 4.78 is 33.9. The maximum absolute atomic E-state index is 12.3. The van der Waals surface area contributed by atoms with Crippen LogP contribution in [0.5, 0.6) is 5.75 Å². The maximum Gasteiger partial charge on any atom is 0.250 e. The molecule has 1 atom stereocenters. The number of rotatable bonds is 5. The van der Waals surface area contributed by atoms with E-state index >= 15 is 0 Å². The Bertz CT molecular complexity index is 786. The van der Waals surface area contributed by atoms with Crippen LogP contribution in [-0.4, -0.2) is 21.1 Å². The summed E-state index contributed by atoms with van der Waals surface area (Å²) >= 11 is 4.50. The van der Waals surface area contributed by atoms with Crippen LogP contribution in [0.1, 0.15) is 18.1 Å². The Labute approximate surface area is 142 Å². The van der Waals surface area contributed by atoms with Crippen LogP contribution in [0.4, 0.5) is 0 Å². The Morgan fingerprint density at radius 2 is 2.18 bits per heavy atom. The van der Waals surface area contributed by atoms with Crippen molar-refractivity contribution in [2.75, 3.05) is 6.61 Å². The molecular weight excluding hydrogens is 386 g/mol. The molecule has 0 fully saturated rings. The number of ether oxygens (including phenoxy) is 1. The summed E-state index contributed by atoms with van der Waals surface area (Å²) in [5.41, 5.74) is 2.32. The first kappa shape index (κ1) is 16.0. The van der Waals surface area contributed by atoms with Gasteiger partial charge in [0.2, 0.25) is 10.0 Å². The summed E-state index contributed by atoms with van der Waals surface area (Å²) in [6.45, 7) is 2.61. The summed E-state index contributed by atoms with van der Waals surface area (Å²) in [5.74, 6) is 0.945. The van der Waals surface area contributed by atoms with Crippen molar-refractivity contribution in [3.8, 4) is 5.75 Å². The molecular formula is C15H16BrNO3S2. The molecule has 4 nitrogen and oxygen atoms in total. The van der Waals surface area contributed by atoms with E-state index in [1.807, 2.05) is 19.1 Å². The van der Waals surface area contributed by atoms with Gasteiger partial charge in [-0.1, -0.05) is 12.1 Å². The van der Waals surface area contributed by atoms with E-state index in [0.29, 0.717) is 10.6 Å². The van der Waals surface area contributed by atoms with E-state index in [-0.39, 0.29) is 6.04 Å². The molecule has 1 N–H and O–H groups in total. The monoisotopic (exact) mass is 401 g/mol. The van der Waals surface area contributed by atoms with Crippen LogP contribution in [0.15, 0.2) is 38.3 Å². The number of thiophene rings is 1. The fourth-order valence-corrected chi connectivity index (χ4v) is 5.80. The highest BCUT2D eigenvalue weighted by Crippen LogP contribution is 2.27. The number of nitrogens with one attached hydrogen (secondary N) is 1. The van der Waals surface area contributed by atoms with Gasteiger partial charge in [-0.3, -0.25) is 0 Å². The highest BCUT2D eigenvalue weighted by molar-refractivity contribution is 9.11. The molecule has 0 radical (unpaired) electrons. The molecule has 7 heteroatoms. The van der Waals surface area contributed by atoms with Crippen molar-refractivity contribution in [1.82, 2.24) is 4.72 Å². The Morgan fingerprint density at radius 3 is 2.91 bits per heavy atom. The zero-order valence-corrected chi connectivity index (χ0v) is 15.2. The summed E-state index contributed by atoms with van der Waals surface area (Å²) in [4.78, 5) is 0. The van der Waals surface area contributed by atoms with Gasteiger partial charge in [-0.05, 0) is 58.6 Å². The van der Waals surface area contributed by atoms with E-state index in [9.17, 15) is 8.42 Å². The van der Waals surface area contributed by atoms with Gasteiger partial charge in [-0.15, -0.1) is 11.3 Å². The molecule has 0 saturated heterocycles. The average Bonchev–Trinajstić information content (AvgIpc) is 3.06. The minimum atomic E-state index is -3.46. The summed E-state index contributed by atoms with van der Waals surface area (Å²) in [6.07, 6.45) is 1.57. The summed E-state index contributed by atoms with van der Waals surface area (Å²) in [5, 5.41) is 0. The van der Waals surface area contributed by atoms with Crippen LogP contribution in [0.3, 0.4) is 0 Å². The topological polar surface area (TPSA) is 55.4 Å². The van der Waals surface area contributed by atoms with E-state index in [1.165, 1.54) is 16.9 Å². The van der Waals surface area contributed by atoms with E-state index in [4.69, 9.17) is 4.74 Å². The third-order valence-corrected chi connectivity index (χ3v) is 7.17. The number of halogens is 1. The van der Waals surface area contributed by atoms with Gasteiger partial charge in [0.1, 0.15) is 9.96 Å². The van der Waals surface area contributed by atoms with Gasteiger partial charge in [-0.25, -0.2) is 13.1 Å². The van der Waals surface area contributed by atoms with Crippen LogP contribution in [0, 0.1) is 0 Å². The van der Waals surface area contributed by atoms with Gasteiger partial charge in [0.05, 0.1) is 10.4 Å². The van der Waals surface area contributed by atoms with Gasteiger partial charge in [-0.2, -0.15) is 0 Å². The zero-order chi connectivity index (χ0) is 15.7. The van der Waals surface area contributed by atoms with Crippen LogP contribution in [0.2, 0.25) is 0 Å². The first-order valence-electron chi connectivity index (χ1n) is 6.96. The van der Waals surface area contributed by atoms with Crippen LogP contribution in [-0.2, 0) is 22.9 Å². The van der Waals surface area contributed by atoms with Crippen molar-refractivity contribution in [2.24, 2.45) is 0 Å². The Kier molecular flexibility index (Phi) is 4.59. The second-order valence-electron chi connectivity index (χ2n) is 5.33. The molecule has 0 bridgehead atoms. The van der Waals surface area contributed by atoms with E-state index in [0.717, 1.165) is 28.1 Å². The van der Waals surface area contributed by atoms with Crippen molar-refractivity contribution in [2.45, 2.75) is 30.0 Å². The lowest BCUT2D eigenvalue weighted by Gasteiger charge is -2.14. The molecule has 0 saturated carbocycles. The molecule has 1 aromatic carbocycles. The molecule has 0 aliphatic carbocycles. The van der Waals surface area contributed by atoms with Gasteiger partial charge >= 0.3 is 0 Å². The first-order chi connectivity index (χ1) is 10.4. The number of sulfonamides is 1. The Balaban J connectivity index is 1.68. The summed E-state index contributed by atoms with van der Waals surface area (Å²) in [7, 11) is -3.46. The normalized spacial score (nSPS) is 15.4. The van der Waals surface area contributed by atoms with Crippen LogP contribution >= 0.6 is 27.3 Å². The number of benzene rings is 1. The smallest absolute Gasteiger partial charge is 0.250 e. The van der Waals surface area contributed by atoms with Gasteiger partial charge < -0.3 is 4.74 Å². The fourth-order valence-electron chi connectivity index (χ4n) is 2.53. The highest BCUT2D eigenvalue weighted by atomic mass is 79.9. The number of hydrogen-bond acceptors (Lipinski definition) is 4. The standard InChI is InChI=1S/C15H16BrNO3S2/c1-10(17-22(18,19)15-5-4-14(16)21-15)8-11-2-3-13-12(9-11)6-7-20-13/h2-5,9-10,17H,6-8H2,1H3/t10-/m0/s1. The van der Waals surface area contributed by atoms with Gasteiger partial charge in [0.25, 0.3) is 0 Å². The number of fused-ring (bicyclic) bond motifs is 1. The minimum absolute atomic E-state index is 0.175. The predicted octanol–water partition coefficient (Wildman–Crippen LogP) is 3.36. The molecule has 118 valence electrons. The average molecular weight is 402 g/mol. The number of hydrogen-bond donors (Lipinski definition) is 1. The Morgan fingerprint density at radius 1 is 1.36 bits per heavy atom. The third kappa shape index (κ3) is 3.53. The fraction of sp³-hybridized carbons (Fsp3) is 0.333. The molecule has 1 aliphatic rings. The van der Waals surface area contributed by atoms with Crippen molar-refractivity contribution in [3.05, 3.63) is 45.2 Å². The molecule has 22 heavy (non-hydrogen) atoms.